The zero-order valence-electron chi connectivity index (χ0n) is 7.58. The fourth-order valence-electron chi connectivity index (χ4n) is 1.02. The predicted molar refractivity (Wildman–Crippen MR) is 56.3 cm³/mol. The molecule has 5 heteroatoms. The Bertz CT molecular complexity index is 180. The smallest absolute Gasteiger partial charge is 0.181 e. The third-order valence-electron chi connectivity index (χ3n) is 1.68. The van der Waals surface area contributed by atoms with Crippen LogP contribution in [0.4, 0.5) is 0 Å². The Labute approximate surface area is 83.9 Å². The molecule has 0 spiro atoms. The van der Waals surface area contributed by atoms with Gasteiger partial charge in [0.2, 0.25) is 0 Å². The van der Waals surface area contributed by atoms with Gasteiger partial charge in [-0.3, -0.25) is 5.43 Å². The second-order valence-corrected chi connectivity index (χ2v) is 3.12. The minimum Gasteiger partial charge on any atom is -0.379 e. The van der Waals surface area contributed by atoms with Crippen LogP contribution in [0.5, 0.6) is 0 Å². The Morgan fingerprint density at radius 3 is 2.85 bits per heavy atom. The third kappa shape index (κ3) is 4.21. The van der Waals surface area contributed by atoms with Crippen LogP contribution in [0.1, 0.15) is 0 Å². The summed E-state index contributed by atoms with van der Waals surface area (Å²) in [5.74, 6) is 0. The van der Waals surface area contributed by atoms with Gasteiger partial charge in [-0.2, -0.15) is 0 Å². The fraction of sp³-hybridized carbons (Fsp3) is 0.625. The number of morpholine rings is 1. The molecule has 0 aromatic rings. The topological polar surface area (TPSA) is 36.5 Å². The minimum atomic E-state index is 0.641. The molecule has 1 aliphatic heterocycles. The van der Waals surface area contributed by atoms with Crippen LogP contribution in [0.3, 0.4) is 0 Å². The SMILES string of the molecule is C=CCNC(=S)NN1CCOCC1. The number of thiocarbonyl (C=S) groups is 1. The summed E-state index contributed by atoms with van der Waals surface area (Å²) >= 11 is 5.05. The van der Waals surface area contributed by atoms with Gasteiger partial charge in [-0.15, -0.1) is 6.58 Å². The van der Waals surface area contributed by atoms with Crippen molar-refractivity contribution in [1.82, 2.24) is 15.8 Å². The number of ether oxygens (including phenoxy) is 1. The summed E-state index contributed by atoms with van der Waals surface area (Å²) in [6.45, 7) is 7.55. The zero-order valence-corrected chi connectivity index (χ0v) is 8.40. The highest BCUT2D eigenvalue weighted by Crippen LogP contribution is 1.91. The Balaban J connectivity index is 2.14. The molecule has 0 bridgehead atoms. The standard InChI is InChI=1S/C8H15N3OS/c1-2-3-9-8(13)10-11-4-6-12-7-5-11/h2H,1,3-7H2,(H2,9,10,13). The molecule has 0 aromatic carbocycles. The fourth-order valence-corrected chi connectivity index (χ4v) is 1.24. The molecule has 0 atom stereocenters. The quantitative estimate of drug-likeness (QED) is 0.492. The van der Waals surface area contributed by atoms with Crippen molar-refractivity contribution in [1.29, 1.82) is 0 Å². The molecule has 0 aromatic heterocycles. The van der Waals surface area contributed by atoms with E-state index in [2.05, 4.69) is 17.3 Å². The van der Waals surface area contributed by atoms with E-state index in [4.69, 9.17) is 17.0 Å². The number of hydrogen-bond donors (Lipinski definition) is 2. The maximum atomic E-state index is 5.20. The Kier molecular flexibility index (Phi) is 4.74. The summed E-state index contributed by atoms with van der Waals surface area (Å²) in [5, 5.41) is 5.68. The Morgan fingerprint density at radius 1 is 1.54 bits per heavy atom. The third-order valence-corrected chi connectivity index (χ3v) is 1.91. The van der Waals surface area contributed by atoms with Crippen LogP contribution in [0, 0.1) is 0 Å². The van der Waals surface area contributed by atoms with Crippen molar-refractivity contribution in [3.63, 3.8) is 0 Å². The predicted octanol–water partition coefficient (Wildman–Crippen LogP) is -0.116. The van der Waals surface area contributed by atoms with E-state index < -0.39 is 0 Å². The average molecular weight is 201 g/mol. The zero-order chi connectivity index (χ0) is 9.52. The molecule has 1 fully saturated rings. The van der Waals surface area contributed by atoms with Crippen molar-refractivity contribution < 1.29 is 4.74 Å². The van der Waals surface area contributed by atoms with E-state index in [-0.39, 0.29) is 0 Å². The van der Waals surface area contributed by atoms with Gasteiger partial charge in [0.05, 0.1) is 13.2 Å². The van der Waals surface area contributed by atoms with Crippen LogP contribution in [0.25, 0.3) is 0 Å². The number of nitrogens with zero attached hydrogens (tertiary/aromatic N) is 1. The Morgan fingerprint density at radius 2 is 2.23 bits per heavy atom. The molecule has 0 saturated carbocycles. The number of hydrazine groups is 1. The molecule has 74 valence electrons. The lowest BCUT2D eigenvalue weighted by Crippen LogP contribution is -2.51. The van der Waals surface area contributed by atoms with Gasteiger partial charge in [0, 0.05) is 19.6 Å². The van der Waals surface area contributed by atoms with E-state index in [1.807, 2.05) is 5.01 Å². The maximum Gasteiger partial charge on any atom is 0.181 e. The molecule has 0 aliphatic carbocycles. The molecule has 1 aliphatic rings. The number of hydrogen-bond acceptors (Lipinski definition) is 3. The van der Waals surface area contributed by atoms with E-state index in [0.717, 1.165) is 26.3 Å². The lowest BCUT2D eigenvalue weighted by atomic mass is 10.5. The lowest BCUT2D eigenvalue weighted by Gasteiger charge is -2.28. The van der Waals surface area contributed by atoms with Crippen LogP contribution >= 0.6 is 12.2 Å². The van der Waals surface area contributed by atoms with Crippen molar-refractivity contribution in [2.75, 3.05) is 32.8 Å². The van der Waals surface area contributed by atoms with Gasteiger partial charge in [-0.25, -0.2) is 5.01 Å². The van der Waals surface area contributed by atoms with Gasteiger partial charge in [0.1, 0.15) is 0 Å². The highest BCUT2D eigenvalue weighted by Gasteiger charge is 2.09. The van der Waals surface area contributed by atoms with Crippen LogP contribution in [-0.4, -0.2) is 43.0 Å². The highest BCUT2D eigenvalue weighted by atomic mass is 32.1. The van der Waals surface area contributed by atoms with Gasteiger partial charge < -0.3 is 10.1 Å². The van der Waals surface area contributed by atoms with Gasteiger partial charge in [0.25, 0.3) is 0 Å². The number of nitrogens with one attached hydrogen (secondary N) is 2. The van der Waals surface area contributed by atoms with E-state index in [1.165, 1.54) is 0 Å². The first kappa shape index (κ1) is 10.4. The van der Waals surface area contributed by atoms with Gasteiger partial charge in [0.15, 0.2) is 5.11 Å². The van der Waals surface area contributed by atoms with E-state index in [1.54, 1.807) is 6.08 Å². The largest absolute Gasteiger partial charge is 0.379 e. The van der Waals surface area contributed by atoms with Gasteiger partial charge >= 0.3 is 0 Å². The summed E-state index contributed by atoms with van der Waals surface area (Å²) in [5.41, 5.74) is 3.08. The van der Waals surface area contributed by atoms with Crippen LogP contribution in [-0.2, 0) is 4.74 Å². The summed E-state index contributed by atoms with van der Waals surface area (Å²) < 4.78 is 5.20. The lowest BCUT2D eigenvalue weighted by molar-refractivity contribution is 0.0247. The van der Waals surface area contributed by atoms with Crippen LogP contribution in [0.2, 0.25) is 0 Å². The molecule has 0 radical (unpaired) electrons. The minimum absolute atomic E-state index is 0.641. The summed E-state index contributed by atoms with van der Waals surface area (Å²) in [6, 6.07) is 0. The first-order valence-electron chi connectivity index (χ1n) is 4.31. The second kappa shape index (κ2) is 5.90. The molecular weight excluding hydrogens is 186 g/mol. The van der Waals surface area contributed by atoms with Gasteiger partial charge in [-0.1, -0.05) is 6.08 Å². The summed E-state index contributed by atoms with van der Waals surface area (Å²) in [4.78, 5) is 0. The molecule has 1 heterocycles. The van der Waals surface area contributed by atoms with Crippen molar-refractivity contribution >= 4 is 17.3 Å². The second-order valence-electron chi connectivity index (χ2n) is 2.71. The van der Waals surface area contributed by atoms with Crippen molar-refractivity contribution in [2.45, 2.75) is 0 Å². The van der Waals surface area contributed by atoms with E-state index in [9.17, 15) is 0 Å². The molecule has 13 heavy (non-hydrogen) atoms. The monoisotopic (exact) mass is 201 g/mol. The van der Waals surface area contributed by atoms with Crippen molar-refractivity contribution in [3.8, 4) is 0 Å². The van der Waals surface area contributed by atoms with Crippen molar-refractivity contribution in [2.24, 2.45) is 0 Å². The van der Waals surface area contributed by atoms with Crippen LogP contribution in [0.15, 0.2) is 12.7 Å². The van der Waals surface area contributed by atoms with E-state index in [0.29, 0.717) is 11.7 Å². The molecule has 1 rings (SSSR count). The Hall–Kier alpha value is -0.650. The average Bonchev–Trinajstić information content (AvgIpc) is 2.16. The van der Waals surface area contributed by atoms with Crippen LogP contribution < -0.4 is 10.7 Å². The van der Waals surface area contributed by atoms with Gasteiger partial charge in [-0.05, 0) is 12.2 Å². The molecule has 4 nitrogen and oxygen atoms in total. The molecular formula is C8H15N3OS. The normalized spacial score (nSPS) is 17.8. The summed E-state index contributed by atoms with van der Waals surface area (Å²) in [7, 11) is 0. The number of rotatable bonds is 3. The first-order chi connectivity index (χ1) is 6.33. The maximum absolute atomic E-state index is 5.20. The molecule has 1 saturated heterocycles. The molecule has 0 unspecified atom stereocenters. The molecule has 2 N–H and O–H groups in total. The van der Waals surface area contributed by atoms with Crippen molar-refractivity contribution in [3.05, 3.63) is 12.7 Å². The highest BCUT2D eigenvalue weighted by molar-refractivity contribution is 7.80. The first-order valence-corrected chi connectivity index (χ1v) is 4.72. The van der Waals surface area contributed by atoms with E-state index >= 15 is 0 Å². The molecule has 0 amide bonds. The summed E-state index contributed by atoms with van der Waals surface area (Å²) in [6.07, 6.45) is 1.77.